The lowest BCUT2D eigenvalue weighted by Gasteiger charge is -1.98. The zero-order chi connectivity index (χ0) is 12.8. The van der Waals surface area contributed by atoms with Crippen molar-refractivity contribution in [2.24, 2.45) is 0 Å². The van der Waals surface area contributed by atoms with Gasteiger partial charge in [-0.15, -0.1) is 10.2 Å². The molecule has 0 bridgehead atoms. The average molecular weight is 266 g/mol. The lowest BCUT2D eigenvalue weighted by Crippen LogP contribution is -2.14. The van der Waals surface area contributed by atoms with Gasteiger partial charge in [0.15, 0.2) is 0 Å². The van der Waals surface area contributed by atoms with Gasteiger partial charge in [-0.2, -0.15) is 0 Å². The second-order valence-electron chi connectivity index (χ2n) is 3.96. The lowest BCUT2D eigenvalue weighted by molar-refractivity contribution is 0.492. The van der Waals surface area contributed by atoms with Crippen molar-refractivity contribution >= 4 is 11.6 Å². The highest BCUT2D eigenvalue weighted by molar-refractivity contribution is 6.30. The van der Waals surface area contributed by atoms with Crippen molar-refractivity contribution < 1.29 is 4.42 Å². The molecule has 0 atom stereocenters. The van der Waals surface area contributed by atoms with Crippen molar-refractivity contribution in [3.05, 3.63) is 35.2 Å². The Morgan fingerprint density at radius 2 is 2.00 bits per heavy atom. The first kappa shape index (κ1) is 13.1. The third kappa shape index (κ3) is 3.55. The van der Waals surface area contributed by atoms with Gasteiger partial charge in [0.1, 0.15) is 0 Å². The Bertz CT molecular complexity index is 481. The molecule has 0 unspecified atom stereocenters. The molecule has 2 rings (SSSR count). The highest BCUT2D eigenvalue weighted by atomic mass is 35.5. The molecule has 5 heteroatoms. The Morgan fingerprint density at radius 3 is 2.72 bits per heavy atom. The van der Waals surface area contributed by atoms with E-state index in [1.54, 1.807) is 0 Å². The third-order valence-corrected chi connectivity index (χ3v) is 2.80. The van der Waals surface area contributed by atoms with Gasteiger partial charge in [-0.05, 0) is 43.8 Å². The summed E-state index contributed by atoms with van der Waals surface area (Å²) < 4.78 is 5.60. The number of nitrogens with zero attached hydrogens (tertiary/aromatic N) is 2. The Kier molecular flexibility index (Phi) is 4.73. The van der Waals surface area contributed by atoms with E-state index in [2.05, 4.69) is 22.4 Å². The first-order valence-corrected chi connectivity index (χ1v) is 6.46. The standard InChI is InChI=1S/C13H16ClN3O/c1-2-15-9-3-4-12-16-17-13(18-12)10-5-7-11(14)8-6-10/h5-8,15H,2-4,9H2,1H3. The van der Waals surface area contributed by atoms with Gasteiger partial charge in [0.2, 0.25) is 11.8 Å². The normalized spacial score (nSPS) is 10.8. The topological polar surface area (TPSA) is 51.0 Å². The average Bonchev–Trinajstić information content (AvgIpc) is 2.84. The largest absolute Gasteiger partial charge is 0.421 e. The maximum absolute atomic E-state index is 5.83. The fourth-order valence-electron chi connectivity index (χ4n) is 1.61. The molecule has 0 fully saturated rings. The van der Waals surface area contributed by atoms with Gasteiger partial charge in [0, 0.05) is 17.0 Å². The van der Waals surface area contributed by atoms with Crippen LogP contribution in [0.1, 0.15) is 19.2 Å². The van der Waals surface area contributed by atoms with Crippen LogP contribution in [0.4, 0.5) is 0 Å². The summed E-state index contributed by atoms with van der Waals surface area (Å²) >= 11 is 5.83. The quantitative estimate of drug-likeness (QED) is 0.816. The van der Waals surface area contributed by atoms with Crippen LogP contribution in [0.2, 0.25) is 5.02 Å². The molecule has 4 nitrogen and oxygen atoms in total. The Hall–Kier alpha value is -1.39. The summed E-state index contributed by atoms with van der Waals surface area (Å²) in [7, 11) is 0. The summed E-state index contributed by atoms with van der Waals surface area (Å²) in [5, 5.41) is 12.0. The minimum absolute atomic E-state index is 0.546. The van der Waals surface area contributed by atoms with Crippen LogP contribution in [0, 0.1) is 0 Å². The van der Waals surface area contributed by atoms with Crippen molar-refractivity contribution in [2.75, 3.05) is 13.1 Å². The van der Waals surface area contributed by atoms with Crippen molar-refractivity contribution in [1.82, 2.24) is 15.5 Å². The van der Waals surface area contributed by atoms with Crippen LogP contribution in [0.15, 0.2) is 28.7 Å². The molecule has 0 saturated heterocycles. The van der Waals surface area contributed by atoms with Gasteiger partial charge >= 0.3 is 0 Å². The second kappa shape index (κ2) is 6.52. The predicted molar refractivity (Wildman–Crippen MR) is 71.6 cm³/mol. The molecule has 96 valence electrons. The molecule has 0 aliphatic heterocycles. The van der Waals surface area contributed by atoms with Crippen molar-refractivity contribution in [3.8, 4) is 11.5 Å². The lowest BCUT2D eigenvalue weighted by atomic mass is 10.2. The minimum Gasteiger partial charge on any atom is -0.421 e. The number of rotatable bonds is 6. The molecule has 1 heterocycles. The Balaban J connectivity index is 1.95. The van der Waals surface area contributed by atoms with Crippen LogP contribution >= 0.6 is 11.6 Å². The van der Waals surface area contributed by atoms with E-state index in [0.717, 1.165) is 31.5 Å². The molecule has 2 aromatic rings. The van der Waals surface area contributed by atoms with Gasteiger partial charge in [0.05, 0.1) is 0 Å². The molecular formula is C13H16ClN3O. The van der Waals surface area contributed by atoms with Crippen molar-refractivity contribution in [3.63, 3.8) is 0 Å². The summed E-state index contributed by atoms with van der Waals surface area (Å²) in [5.74, 6) is 1.22. The number of halogens is 1. The van der Waals surface area contributed by atoms with Crippen molar-refractivity contribution in [2.45, 2.75) is 19.8 Å². The van der Waals surface area contributed by atoms with Crippen LogP contribution < -0.4 is 5.32 Å². The number of hydrogen-bond donors (Lipinski definition) is 1. The number of hydrogen-bond acceptors (Lipinski definition) is 4. The van der Waals surface area contributed by atoms with E-state index < -0.39 is 0 Å². The molecule has 0 spiro atoms. The summed E-state index contributed by atoms with van der Waals surface area (Å²) in [4.78, 5) is 0. The predicted octanol–water partition coefficient (Wildman–Crippen LogP) is 2.93. The van der Waals surface area contributed by atoms with E-state index >= 15 is 0 Å². The van der Waals surface area contributed by atoms with Gasteiger partial charge < -0.3 is 9.73 Å². The van der Waals surface area contributed by atoms with Crippen LogP contribution in [0.25, 0.3) is 11.5 Å². The smallest absolute Gasteiger partial charge is 0.247 e. The van der Waals surface area contributed by atoms with E-state index in [4.69, 9.17) is 16.0 Å². The number of nitrogens with one attached hydrogen (secondary N) is 1. The van der Waals surface area contributed by atoms with Crippen LogP contribution in [0.3, 0.4) is 0 Å². The minimum atomic E-state index is 0.546. The monoisotopic (exact) mass is 265 g/mol. The molecular weight excluding hydrogens is 250 g/mol. The van der Waals surface area contributed by atoms with E-state index in [9.17, 15) is 0 Å². The highest BCUT2D eigenvalue weighted by Crippen LogP contribution is 2.20. The fraction of sp³-hybridized carbons (Fsp3) is 0.385. The first-order valence-electron chi connectivity index (χ1n) is 6.08. The third-order valence-electron chi connectivity index (χ3n) is 2.55. The molecule has 0 aliphatic rings. The van der Waals surface area contributed by atoms with E-state index in [1.807, 2.05) is 24.3 Å². The number of aromatic nitrogens is 2. The maximum atomic E-state index is 5.83. The van der Waals surface area contributed by atoms with Gasteiger partial charge in [-0.25, -0.2) is 0 Å². The second-order valence-corrected chi connectivity index (χ2v) is 4.40. The highest BCUT2D eigenvalue weighted by Gasteiger charge is 2.07. The molecule has 1 aromatic heterocycles. The van der Waals surface area contributed by atoms with E-state index in [-0.39, 0.29) is 0 Å². The molecule has 18 heavy (non-hydrogen) atoms. The zero-order valence-electron chi connectivity index (χ0n) is 10.3. The van der Waals surface area contributed by atoms with Crippen molar-refractivity contribution in [1.29, 1.82) is 0 Å². The molecule has 0 saturated carbocycles. The van der Waals surface area contributed by atoms with Crippen LogP contribution in [-0.2, 0) is 6.42 Å². The molecule has 0 aliphatic carbocycles. The number of benzene rings is 1. The zero-order valence-corrected chi connectivity index (χ0v) is 11.1. The molecule has 1 aromatic carbocycles. The SMILES string of the molecule is CCNCCCc1nnc(-c2ccc(Cl)cc2)o1. The summed E-state index contributed by atoms with van der Waals surface area (Å²) in [5.41, 5.74) is 0.893. The van der Waals surface area contributed by atoms with E-state index in [0.29, 0.717) is 16.8 Å². The first-order chi connectivity index (χ1) is 8.79. The van der Waals surface area contributed by atoms with Crippen LogP contribution in [0.5, 0.6) is 0 Å². The fourth-order valence-corrected chi connectivity index (χ4v) is 1.73. The summed E-state index contributed by atoms with van der Waals surface area (Å²) in [6.07, 6.45) is 1.80. The summed E-state index contributed by atoms with van der Waals surface area (Å²) in [6, 6.07) is 7.37. The summed E-state index contributed by atoms with van der Waals surface area (Å²) in [6.45, 7) is 4.04. The molecule has 1 N–H and O–H groups in total. The van der Waals surface area contributed by atoms with Gasteiger partial charge in [-0.3, -0.25) is 0 Å². The van der Waals surface area contributed by atoms with Gasteiger partial charge in [0.25, 0.3) is 0 Å². The molecule has 0 radical (unpaired) electrons. The number of aryl methyl sites for hydroxylation is 1. The molecule has 0 amide bonds. The van der Waals surface area contributed by atoms with Gasteiger partial charge in [-0.1, -0.05) is 18.5 Å². The maximum Gasteiger partial charge on any atom is 0.247 e. The van der Waals surface area contributed by atoms with E-state index in [1.165, 1.54) is 0 Å². The Labute approximate surface area is 111 Å². The van der Waals surface area contributed by atoms with Crippen LogP contribution in [-0.4, -0.2) is 23.3 Å². The Morgan fingerprint density at radius 1 is 1.22 bits per heavy atom.